The van der Waals surface area contributed by atoms with Gasteiger partial charge in [0.2, 0.25) is 5.91 Å². The Bertz CT molecular complexity index is 1380. The molecule has 4 N–H and O–H groups in total. The minimum Gasteiger partial charge on any atom is -0.508 e. The lowest BCUT2D eigenvalue weighted by Gasteiger charge is -2.34. The highest BCUT2D eigenvalue weighted by Gasteiger charge is 2.36. The second kappa shape index (κ2) is 13.9. The zero-order chi connectivity index (χ0) is 31.0. The summed E-state index contributed by atoms with van der Waals surface area (Å²) < 4.78 is 5.46. The van der Waals surface area contributed by atoms with E-state index in [0.29, 0.717) is 23.2 Å². The number of anilines is 1. The van der Waals surface area contributed by atoms with Gasteiger partial charge in [-0.2, -0.15) is 0 Å². The predicted molar refractivity (Wildman–Crippen MR) is 162 cm³/mol. The molecule has 3 rings (SSSR count). The molecule has 2 atom stereocenters. The number of amides is 3. The van der Waals surface area contributed by atoms with Crippen LogP contribution in [0.1, 0.15) is 62.4 Å². The lowest BCUT2D eigenvalue weighted by molar-refractivity contribution is -0.140. The van der Waals surface area contributed by atoms with Crippen molar-refractivity contribution in [3.8, 4) is 11.5 Å². The highest BCUT2D eigenvalue weighted by Crippen LogP contribution is 2.29. The van der Waals surface area contributed by atoms with Gasteiger partial charge in [-0.3, -0.25) is 9.59 Å². The largest absolute Gasteiger partial charge is 0.508 e. The third-order valence-electron chi connectivity index (χ3n) is 6.59. The molecule has 0 aromatic heterocycles. The van der Waals surface area contributed by atoms with Crippen LogP contribution in [-0.4, -0.2) is 51.2 Å². The van der Waals surface area contributed by atoms with Gasteiger partial charge in [0.15, 0.2) is 0 Å². The SMILES string of the molecule is CCCN(C(=O)C(Cc1ccc(O)cc1)NC(=O)OC(C)(C)C)C(C(=O)Nc1c(C)cccc1C)c1cccc(O)c1. The van der Waals surface area contributed by atoms with E-state index in [1.54, 1.807) is 45.0 Å². The molecule has 0 radical (unpaired) electrons. The molecule has 2 unspecified atom stereocenters. The van der Waals surface area contributed by atoms with E-state index in [-0.39, 0.29) is 24.5 Å². The zero-order valence-corrected chi connectivity index (χ0v) is 25.1. The number of carbonyl (C=O) groups excluding carboxylic acids is 3. The fraction of sp³-hybridized carbons (Fsp3) is 0.364. The van der Waals surface area contributed by atoms with E-state index in [4.69, 9.17) is 4.74 Å². The van der Waals surface area contributed by atoms with Crippen molar-refractivity contribution in [2.24, 2.45) is 0 Å². The van der Waals surface area contributed by atoms with Crippen LogP contribution in [-0.2, 0) is 20.7 Å². The summed E-state index contributed by atoms with van der Waals surface area (Å²) in [7, 11) is 0. The summed E-state index contributed by atoms with van der Waals surface area (Å²) >= 11 is 0. The molecule has 0 fully saturated rings. The van der Waals surface area contributed by atoms with Crippen molar-refractivity contribution >= 4 is 23.6 Å². The lowest BCUT2D eigenvalue weighted by atomic mass is 9.99. The van der Waals surface area contributed by atoms with Crippen molar-refractivity contribution < 1.29 is 29.3 Å². The number of hydrogen-bond acceptors (Lipinski definition) is 6. The van der Waals surface area contributed by atoms with Crippen LogP contribution in [0.25, 0.3) is 0 Å². The summed E-state index contributed by atoms with van der Waals surface area (Å²) in [4.78, 5) is 42.7. The first-order valence-corrected chi connectivity index (χ1v) is 14.0. The molecule has 224 valence electrons. The minimum absolute atomic E-state index is 0.0474. The minimum atomic E-state index is -1.12. The van der Waals surface area contributed by atoms with E-state index in [0.717, 1.165) is 11.1 Å². The molecule has 0 saturated heterocycles. The molecule has 0 aliphatic heterocycles. The number of aromatic hydroxyl groups is 2. The average Bonchev–Trinajstić information content (AvgIpc) is 2.90. The van der Waals surface area contributed by atoms with Gasteiger partial charge in [0.1, 0.15) is 29.2 Å². The monoisotopic (exact) mass is 575 g/mol. The molecule has 3 aromatic carbocycles. The molecule has 0 saturated carbocycles. The number of phenolic OH excluding ortho intramolecular Hbond substituents is 2. The van der Waals surface area contributed by atoms with Gasteiger partial charge in [-0.15, -0.1) is 0 Å². The van der Waals surface area contributed by atoms with Crippen LogP contribution in [0, 0.1) is 13.8 Å². The van der Waals surface area contributed by atoms with Crippen LogP contribution >= 0.6 is 0 Å². The molecule has 0 spiro atoms. The Labute approximate surface area is 247 Å². The average molecular weight is 576 g/mol. The Morgan fingerprint density at radius 3 is 2.10 bits per heavy atom. The first-order chi connectivity index (χ1) is 19.8. The number of nitrogens with zero attached hydrogens (tertiary/aromatic N) is 1. The molecule has 3 aromatic rings. The third-order valence-corrected chi connectivity index (χ3v) is 6.59. The Hall–Kier alpha value is -4.53. The van der Waals surface area contributed by atoms with E-state index >= 15 is 0 Å². The second-order valence-corrected chi connectivity index (χ2v) is 11.4. The fourth-order valence-electron chi connectivity index (χ4n) is 4.70. The molecule has 0 aliphatic carbocycles. The summed E-state index contributed by atoms with van der Waals surface area (Å²) in [6, 6.07) is 16.0. The van der Waals surface area contributed by atoms with Gasteiger partial charge in [0, 0.05) is 18.7 Å². The van der Waals surface area contributed by atoms with Crippen LogP contribution in [0.4, 0.5) is 10.5 Å². The molecular formula is C33H41N3O6. The quantitative estimate of drug-likeness (QED) is 0.243. The summed E-state index contributed by atoms with van der Waals surface area (Å²) in [5, 5.41) is 25.7. The number of nitrogens with one attached hydrogen (secondary N) is 2. The normalized spacial score (nSPS) is 12.6. The lowest BCUT2D eigenvalue weighted by Crippen LogP contribution is -2.53. The summed E-state index contributed by atoms with van der Waals surface area (Å²) in [6.45, 7) is 11.0. The van der Waals surface area contributed by atoms with Crippen molar-refractivity contribution in [1.29, 1.82) is 0 Å². The van der Waals surface area contributed by atoms with E-state index in [1.165, 1.54) is 29.2 Å². The second-order valence-electron chi connectivity index (χ2n) is 11.4. The highest BCUT2D eigenvalue weighted by atomic mass is 16.6. The summed E-state index contributed by atoms with van der Waals surface area (Å²) in [5.41, 5.74) is 2.68. The van der Waals surface area contributed by atoms with Crippen LogP contribution in [0.2, 0.25) is 0 Å². The smallest absolute Gasteiger partial charge is 0.408 e. The summed E-state index contributed by atoms with van der Waals surface area (Å²) in [5.74, 6) is -0.934. The maximum atomic E-state index is 14.4. The maximum absolute atomic E-state index is 14.4. The molecule has 9 heteroatoms. The number of benzene rings is 3. The van der Waals surface area contributed by atoms with Gasteiger partial charge in [-0.05, 0) is 87.6 Å². The topological polar surface area (TPSA) is 128 Å². The van der Waals surface area contributed by atoms with Gasteiger partial charge in [-0.1, -0.05) is 49.4 Å². The molecule has 42 heavy (non-hydrogen) atoms. The zero-order valence-electron chi connectivity index (χ0n) is 25.1. The van der Waals surface area contributed by atoms with Gasteiger partial charge in [0.25, 0.3) is 5.91 Å². The number of carbonyl (C=O) groups is 3. The predicted octanol–water partition coefficient (Wildman–Crippen LogP) is 5.77. The highest BCUT2D eigenvalue weighted by molar-refractivity contribution is 6.00. The number of rotatable bonds is 10. The van der Waals surface area contributed by atoms with Crippen molar-refractivity contribution in [3.63, 3.8) is 0 Å². The Balaban J connectivity index is 2.07. The first kappa shape index (κ1) is 32.0. The van der Waals surface area contributed by atoms with Crippen LogP contribution in [0.15, 0.2) is 66.7 Å². The van der Waals surface area contributed by atoms with E-state index in [9.17, 15) is 24.6 Å². The number of hydrogen-bond donors (Lipinski definition) is 4. The van der Waals surface area contributed by atoms with Crippen molar-refractivity contribution in [1.82, 2.24) is 10.2 Å². The number of aryl methyl sites for hydroxylation is 2. The third kappa shape index (κ3) is 8.73. The molecule has 0 heterocycles. The van der Waals surface area contributed by atoms with Crippen molar-refractivity contribution in [2.75, 3.05) is 11.9 Å². The van der Waals surface area contributed by atoms with Gasteiger partial charge in [-0.25, -0.2) is 4.79 Å². The maximum Gasteiger partial charge on any atom is 0.408 e. The van der Waals surface area contributed by atoms with Gasteiger partial charge < -0.3 is 30.5 Å². The first-order valence-electron chi connectivity index (χ1n) is 14.0. The van der Waals surface area contributed by atoms with Crippen LogP contribution < -0.4 is 10.6 Å². The molecule has 0 aliphatic rings. The Morgan fingerprint density at radius 1 is 0.905 bits per heavy atom. The van der Waals surface area contributed by atoms with Crippen molar-refractivity contribution in [3.05, 3.63) is 89.0 Å². The van der Waals surface area contributed by atoms with E-state index < -0.39 is 35.6 Å². The molecule has 0 bridgehead atoms. The number of ether oxygens (including phenoxy) is 1. The standard InChI is InChI=1S/C33H41N3O6/c1-7-18-36(31(40)27(34-32(41)42-33(4,5)6)19-23-14-16-25(37)17-15-23)29(24-12-9-13-26(38)20-24)30(39)35-28-21(2)10-8-11-22(28)3/h8-17,20,27,29,37-38H,7,18-19H2,1-6H3,(H,34,41)(H,35,39). The Kier molecular flexibility index (Phi) is 10.6. The molecule has 9 nitrogen and oxygen atoms in total. The van der Waals surface area contributed by atoms with Crippen molar-refractivity contribution in [2.45, 2.75) is 72.1 Å². The summed E-state index contributed by atoms with van der Waals surface area (Å²) in [6.07, 6.45) is -0.162. The van der Waals surface area contributed by atoms with Gasteiger partial charge >= 0.3 is 6.09 Å². The fourth-order valence-corrected chi connectivity index (χ4v) is 4.70. The molecular weight excluding hydrogens is 534 g/mol. The number of alkyl carbamates (subject to hydrolysis) is 1. The van der Waals surface area contributed by atoms with Crippen LogP contribution in [0.5, 0.6) is 11.5 Å². The Morgan fingerprint density at radius 2 is 1.52 bits per heavy atom. The molecule has 3 amide bonds. The number of para-hydroxylation sites is 1. The van der Waals surface area contributed by atoms with Crippen LogP contribution in [0.3, 0.4) is 0 Å². The van der Waals surface area contributed by atoms with E-state index in [2.05, 4.69) is 10.6 Å². The van der Waals surface area contributed by atoms with E-state index in [1.807, 2.05) is 39.0 Å². The van der Waals surface area contributed by atoms with Gasteiger partial charge in [0.05, 0.1) is 0 Å². The number of phenols is 2.